The molecule has 0 heterocycles. The Morgan fingerprint density at radius 2 is 1.07 bits per heavy atom. The molecule has 41 heavy (non-hydrogen) atoms. The normalized spacial score (nSPS) is 16.0. The molecule has 23 heteroatoms. The summed E-state index contributed by atoms with van der Waals surface area (Å²) in [6, 6.07) is 0.930. The smallest absolute Gasteiger partial charge is 0.462 e. The van der Waals surface area contributed by atoms with E-state index in [0.717, 1.165) is 0 Å². The van der Waals surface area contributed by atoms with Crippen LogP contribution in [-0.4, -0.2) is 75.0 Å². The third-order valence-corrected chi connectivity index (χ3v) is 4.25. The topological polar surface area (TPSA) is 80.3 Å². The summed E-state index contributed by atoms with van der Waals surface area (Å²) < 4.78 is 226. The second-order valence-electron chi connectivity index (χ2n) is 7.13. The Bertz CT molecular complexity index is 1080. The van der Waals surface area contributed by atoms with Gasteiger partial charge in [-0.2, -0.15) is 65.9 Å². The van der Waals surface area contributed by atoms with E-state index in [0.29, 0.717) is 20.3 Å². The van der Waals surface area contributed by atoms with Crippen molar-refractivity contribution in [3.05, 3.63) is 29.3 Å². The van der Waals surface area contributed by atoms with Crippen LogP contribution in [0, 0.1) is 0 Å². The molecule has 7 nitrogen and oxygen atoms in total. The highest BCUT2D eigenvalue weighted by Crippen LogP contribution is 2.55. The van der Waals surface area contributed by atoms with E-state index in [2.05, 4.69) is 18.9 Å². The van der Waals surface area contributed by atoms with Gasteiger partial charge in [-0.05, 0) is 18.2 Å². The van der Waals surface area contributed by atoms with Gasteiger partial charge in [0.25, 0.3) is 0 Å². The minimum atomic E-state index is -7.86. The standard InChI is InChI=1S/C18H10F16O7/c1-37-9(35)6-3-7(10(36)38-2)5-8(4-6)39-12(20,21)11(19)40-18(33,34)14(24,16(28,29)30)41-17(31,32)13(22,23)15(25,26)27/h3-5,11H,1-2H3. The van der Waals surface area contributed by atoms with Crippen molar-refractivity contribution in [2.75, 3.05) is 14.2 Å². The zero-order chi connectivity index (χ0) is 32.6. The molecule has 1 rings (SSSR count). The van der Waals surface area contributed by atoms with Crippen molar-refractivity contribution in [1.29, 1.82) is 0 Å². The van der Waals surface area contributed by atoms with Gasteiger partial charge in [-0.1, -0.05) is 0 Å². The van der Waals surface area contributed by atoms with Crippen molar-refractivity contribution >= 4 is 11.9 Å². The minimum absolute atomic E-state index is 0.176. The average molecular weight is 642 g/mol. The van der Waals surface area contributed by atoms with Crippen LogP contribution < -0.4 is 4.74 Å². The van der Waals surface area contributed by atoms with Gasteiger partial charge in [0, 0.05) is 0 Å². The molecule has 0 aromatic heterocycles. The SMILES string of the molecule is COC(=O)c1cc(OC(F)(F)C(F)OC(F)(F)C(F)(OC(F)(F)C(F)(F)C(F)(F)F)C(F)(F)F)cc(C(=O)OC)c1. The van der Waals surface area contributed by atoms with E-state index in [1.807, 2.05) is 0 Å². The van der Waals surface area contributed by atoms with Crippen LogP contribution in [0.1, 0.15) is 20.7 Å². The summed E-state index contributed by atoms with van der Waals surface area (Å²) in [5, 5.41) is 0. The maximum Gasteiger partial charge on any atom is 0.462 e. The van der Waals surface area contributed by atoms with Gasteiger partial charge in [0.1, 0.15) is 5.75 Å². The molecule has 0 aliphatic carbocycles. The number of hydrogen-bond acceptors (Lipinski definition) is 7. The van der Waals surface area contributed by atoms with E-state index in [9.17, 15) is 79.8 Å². The van der Waals surface area contributed by atoms with Crippen molar-refractivity contribution in [2.45, 2.75) is 48.8 Å². The summed E-state index contributed by atoms with van der Waals surface area (Å²) in [6.07, 6.45) is -42.3. The molecule has 0 saturated carbocycles. The van der Waals surface area contributed by atoms with Crippen LogP contribution in [0.3, 0.4) is 0 Å². The van der Waals surface area contributed by atoms with E-state index in [1.165, 1.54) is 4.74 Å². The summed E-state index contributed by atoms with van der Waals surface area (Å²) in [7, 11) is 1.41. The van der Waals surface area contributed by atoms with E-state index in [-0.39, 0.29) is 12.1 Å². The lowest BCUT2D eigenvalue weighted by atomic mass is 10.1. The van der Waals surface area contributed by atoms with Gasteiger partial charge in [-0.15, -0.1) is 0 Å². The first kappa shape index (κ1) is 35.8. The Balaban J connectivity index is 3.48. The molecule has 1 aromatic rings. The number of methoxy groups -OCH3 is 2. The van der Waals surface area contributed by atoms with Gasteiger partial charge in [-0.25, -0.2) is 14.0 Å². The van der Waals surface area contributed by atoms with Gasteiger partial charge in [0.05, 0.1) is 25.3 Å². The molecule has 2 atom stereocenters. The maximum atomic E-state index is 14.1. The Hall–Kier alpha value is -3.24. The summed E-state index contributed by atoms with van der Waals surface area (Å²) in [6.45, 7) is 0. The van der Waals surface area contributed by atoms with Gasteiger partial charge in [0.15, 0.2) is 0 Å². The maximum absolute atomic E-state index is 14.1. The quantitative estimate of drug-likeness (QED) is 0.211. The van der Waals surface area contributed by atoms with Gasteiger partial charge >= 0.3 is 60.8 Å². The molecule has 0 spiro atoms. The average Bonchev–Trinajstić information content (AvgIpc) is 2.80. The molecule has 0 radical (unpaired) electrons. The zero-order valence-electron chi connectivity index (χ0n) is 19.2. The summed E-state index contributed by atoms with van der Waals surface area (Å²) in [5.74, 6) is -20.1. The Kier molecular flexibility index (Phi) is 9.78. The first-order valence-electron chi connectivity index (χ1n) is 9.46. The van der Waals surface area contributed by atoms with Gasteiger partial charge in [-0.3, -0.25) is 9.47 Å². The number of esters is 2. The highest BCUT2D eigenvalue weighted by atomic mass is 19.4. The third-order valence-electron chi connectivity index (χ3n) is 4.25. The summed E-state index contributed by atoms with van der Waals surface area (Å²) >= 11 is 0. The number of hydrogen-bond donors (Lipinski definition) is 0. The highest BCUT2D eigenvalue weighted by Gasteiger charge is 2.84. The Morgan fingerprint density at radius 3 is 1.41 bits per heavy atom. The predicted octanol–water partition coefficient (Wildman–Crippen LogP) is 6.17. The van der Waals surface area contributed by atoms with Crippen molar-refractivity contribution < 1.29 is 104 Å². The fourth-order valence-electron chi connectivity index (χ4n) is 2.30. The molecule has 0 amide bonds. The molecule has 0 N–H and O–H groups in total. The number of rotatable bonds is 11. The van der Waals surface area contributed by atoms with E-state index < -0.39 is 77.6 Å². The van der Waals surface area contributed by atoms with Crippen LogP contribution in [0.4, 0.5) is 70.2 Å². The molecule has 1 aromatic carbocycles. The van der Waals surface area contributed by atoms with Crippen molar-refractivity contribution in [3.63, 3.8) is 0 Å². The van der Waals surface area contributed by atoms with Crippen LogP contribution in [-0.2, 0) is 18.9 Å². The molecular formula is C18H10F16O7. The zero-order valence-corrected chi connectivity index (χ0v) is 19.2. The molecule has 0 aliphatic rings. The van der Waals surface area contributed by atoms with Crippen LogP contribution in [0.15, 0.2) is 18.2 Å². The largest absolute Gasteiger partial charge is 0.465 e. The number of ether oxygens (including phenoxy) is 5. The molecule has 2 unspecified atom stereocenters. The number of carbonyl (C=O) groups excluding carboxylic acids is 2. The third kappa shape index (κ3) is 7.16. The predicted molar refractivity (Wildman–Crippen MR) is 92.6 cm³/mol. The lowest BCUT2D eigenvalue weighted by Crippen LogP contribution is -2.66. The number of alkyl halides is 16. The fourth-order valence-corrected chi connectivity index (χ4v) is 2.30. The van der Waals surface area contributed by atoms with Crippen molar-refractivity contribution in [1.82, 2.24) is 0 Å². The lowest BCUT2D eigenvalue weighted by Gasteiger charge is -2.38. The fraction of sp³-hybridized carbons (Fsp3) is 0.556. The van der Waals surface area contributed by atoms with Crippen LogP contribution in [0.2, 0.25) is 0 Å². The molecular weight excluding hydrogens is 632 g/mol. The van der Waals surface area contributed by atoms with Gasteiger partial charge in [0.2, 0.25) is 0 Å². The second kappa shape index (κ2) is 11.2. The number of halogens is 16. The van der Waals surface area contributed by atoms with Gasteiger partial charge < -0.3 is 14.2 Å². The van der Waals surface area contributed by atoms with Crippen LogP contribution >= 0.6 is 0 Å². The van der Waals surface area contributed by atoms with Crippen LogP contribution in [0.5, 0.6) is 5.75 Å². The summed E-state index contributed by atoms with van der Waals surface area (Å²) in [4.78, 5) is 23.2. The minimum Gasteiger partial charge on any atom is -0.465 e. The van der Waals surface area contributed by atoms with E-state index in [4.69, 9.17) is 0 Å². The summed E-state index contributed by atoms with van der Waals surface area (Å²) in [5.41, 5.74) is -1.74. The van der Waals surface area contributed by atoms with E-state index >= 15 is 0 Å². The van der Waals surface area contributed by atoms with Crippen molar-refractivity contribution in [3.8, 4) is 5.75 Å². The number of benzene rings is 1. The van der Waals surface area contributed by atoms with Crippen LogP contribution in [0.25, 0.3) is 0 Å². The lowest BCUT2D eigenvalue weighted by molar-refractivity contribution is -0.543. The Labute approximate surface area is 214 Å². The monoisotopic (exact) mass is 642 g/mol. The highest BCUT2D eigenvalue weighted by molar-refractivity contribution is 5.96. The molecule has 0 bridgehead atoms. The molecule has 0 aliphatic heterocycles. The first-order chi connectivity index (χ1) is 18.1. The Morgan fingerprint density at radius 1 is 0.659 bits per heavy atom. The second-order valence-corrected chi connectivity index (χ2v) is 7.13. The number of carbonyl (C=O) groups is 2. The molecule has 0 fully saturated rings. The van der Waals surface area contributed by atoms with Crippen molar-refractivity contribution in [2.24, 2.45) is 0 Å². The van der Waals surface area contributed by atoms with E-state index in [1.54, 1.807) is 0 Å². The molecule has 236 valence electrons. The molecule has 0 saturated heterocycles. The first-order valence-corrected chi connectivity index (χ1v) is 9.46.